The largest absolute Gasteiger partial charge is 0.461 e. The molecule has 1 heterocycles. The summed E-state index contributed by atoms with van der Waals surface area (Å²) in [5, 5.41) is 6.08. The van der Waals surface area contributed by atoms with Crippen LogP contribution in [0.3, 0.4) is 0 Å². The molecule has 2 amide bonds. The fraction of sp³-hybridized carbons (Fsp3) is 0.435. The number of hydrogen-bond donors (Lipinski definition) is 3. The van der Waals surface area contributed by atoms with Crippen molar-refractivity contribution in [1.82, 2.24) is 15.6 Å². The van der Waals surface area contributed by atoms with E-state index in [1.54, 1.807) is 20.0 Å². The van der Waals surface area contributed by atoms with Crippen LogP contribution in [0.5, 0.6) is 0 Å². The number of H-pyrrole nitrogens is 1. The van der Waals surface area contributed by atoms with Crippen LogP contribution in [-0.2, 0) is 39.9 Å². The number of nitrogens with one attached hydrogen (secondary N) is 3. The molecule has 0 spiro atoms. The minimum absolute atomic E-state index is 0.136. The molecule has 178 valence electrons. The standard InChI is InChI=1S/C23H29N3O7/c1-13(2)32-23(31)19(9-10-21(29)33-15(4)28)26-22(30)20(25-14(3)27)11-16-12-24-18-8-6-5-7-17(16)18/h5-8,12-13,19-20,24H,9-11H2,1-4H3,(H,25,27)(H,26,30)/t19-,20-/m0/s1. The summed E-state index contributed by atoms with van der Waals surface area (Å²) in [6.45, 7) is 5.68. The molecule has 0 aliphatic carbocycles. The zero-order valence-corrected chi connectivity index (χ0v) is 19.1. The molecule has 1 aromatic heterocycles. The Bertz CT molecular complexity index is 1030. The smallest absolute Gasteiger partial charge is 0.328 e. The molecule has 0 bridgehead atoms. The summed E-state index contributed by atoms with van der Waals surface area (Å²) in [5.74, 6) is -3.35. The first-order valence-corrected chi connectivity index (χ1v) is 10.6. The fourth-order valence-electron chi connectivity index (χ4n) is 3.28. The molecule has 1 aromatic carbocycles. The highest BCUT2D eigenvalue weighted by Crippen LogP contribution is 2.19. The highest BCUT2D eigenvalue weighted by atomic mass is 16.6. The fourth-order valence-corrected chi connectivity index (χ4v) is 3.28. The van der Waals surface area contributed by atoms with Gasteiger partial charge in [0.25, 0.3) is 0 Å². The number of ether oxygens (including phenoxy) is 2. The summed E-state index contributed by atoms with van der Waals surface area (Å²) < 4.78 is 9.66. The second-order valence-corrected chi connectivity index (χ2v) is 7.87. The predicted octanol–water partition coefficient (Wildman–Crippen LogP) is 1.52. The van der Waals surface area contributed by atoms with Crippen molar-refractivity contribution in [3.63, 3.8) is 0 Å². The lowest BCUT2D eigenvalue weighted by molar-refractivity contribution is -0.158. The van der Waals surface area contributed by atoms with Gasteiger partial charge in [0.15, 0.2) is 0 Å². The van der Waals surface area contributed by atoms with E-state index in [1.807, 2.05) is 24.3 Å². The van der Waals surface area contributed by atoms with E-state index in [0.717, 1.165) is 23.4 Å². The number of carbonyl (C=O) groups is 5. The maximum Gasteiger partial charge on any atom is 0.328 e. The highest BCUT2D eigenvalue weighted by Gasteiger charge is 2.29. The van der Waals surface area contributed by atoms with Gasteiger partial charge in [0, 0.05) is 43.8 Å². The Morgan fingerprint density at radius 2 is 1.70 bits per heavy atom. The molecule has 33 heavy (non-hydrogen) atoms. The molecule has 3 N–H and O–H groups in total. The molecule has 0 unspecified atom stereocenters. The minimum Gasteiger partial charge on any atom is -0.461 e. The Labute approximate surface area is 191 Å². The number of rotatable bonds is 10. The van der Waals surface area contributed by atoms with Crippen molar-refractivity contribution >= 4 is 40.6 Å². The second-order valence-electron chi connectivity index (χ2n) is 7.87. The molecular weight excluding hydrogens is 430 g/mol. The lowest BCUT2D eigenvalue weighted by Gasteiger charge is -2.23. The number of carbonyl (C=O) groups excluding carboxylic acids is 5. The van der Waals surface area contributed by atoms with Gasteiger partial charge in [-0.1, -0.05) is 18.2 Å². The Balaban J connectivity index is 2.18. The first-order chi connectivity index (χ1) is 15.6. The van der Waals surface area contributed by atoms with Crippen LogP contribution in [0.25, 0.3) is 10.9 Å². The molecule has 0 aliphatic heterocycles. The van der Waals surface area contributed by atoms with E-state index in [0.29, 0.717) is 0 Å². The van der Waals surface area contributed by atoms with E-state index in [4.69, 9.17) is 4.74 Å². The lowest BCUT2D eigenvalue weighted by Crippen LogP contribution is -2.52. The average Bonchev–Trinajstić information content (AvgIpc) is 3.12. The lowest BCUT2D eigenvalue weighted by atomic mass is 10.0. The molecular formula is C23H29N3O7. The van der Waals surface area contributed by atoms with Crippen molar-refractivity contribution in [2.24, 2.45) is 0 Å². The van der Waals surface area contributed by atoms with Gasteiger partial charge in [0.1, 0.15) is 12.1 Å². The van der Waals surface area contributed by atoms with E-state index in [1.165, 1.54) is 6.92 Å². The van der Waals surface area contributed by atoms with Gasteiger partial charge in [-0.2, -0.15) is 0 Å². The number of aromatic amines is 1. The van der Waals surface area contributed by atoms with Gasteiger partial charge in [0.2, 0.25) is 11.8 Å². The van der Waals surface area contributed by atoms with E-state index >= 15 is 0 Å². The molecule has 10 heteroatoms. The third kappa shape index (κ3) is 8.06. The van der Waals surface area contributed by atoms with E-state index < -0.39 is 47.9 Å². The van der Waals surface area contributed by atoms with Crippen LogP contribution in [-0.4, -0.2) is 52.9 Å². The molecule has 10 nitrogen and oxygen atoms in total. The van der Waals surface area contributed by atoms with E-state index in [2.05, 4.69) is 20.4 Å². The average molecular weight is 459 g/mol. The number of fused-ring (bicyclic) bond motifs is 1. The summed E-state index contributed by atoms with van der Waals surface area (Å²) in [6.07, 6.45) is 1.07. The molecule has 2 rings (SSSR count). The SMILES string of the molecule is CC(=O)N[C@@H](Cc1c[nH]c2ccccc12)C(=O)N[C@@H](CCC(=O)OC(C)=O)C(=O)OC(C)C. The topological polar surface area (TPSA) is 144 Å². The molecule has 0 fully saturated rings. The van der Waals surface area contributed by atoms with Crippen molar-refractivity contribution < 1.29 is 33.4 Å². The van der Waals surface area contributed by atoms with Crippen molar-refractivity contribution in [1.29, 1.82) is 0 Å². The van der Waals surface area contributed by atoms with Crippen molar-refractivity contribution in [2.45, 2.75) is 65.1 Å². The van der Waals surface area contributed by atoms with Crippen LogP contribution < -0.4 is 10.6 Å². The van der Waals surface area contributed by atoms with Gasteiger partial charge in [-0.3, -0.25) is 19.2 Å². The molecule has 2 atom stereocenters. The third-order valence-electron chi connectivity index (χ3n) is 4.64. The number of aromatic nitrogens is 1. The molecule has 0 radical (unpaired) electrons. The maximum atomic E-state index is 13.1. The van der Waals surface area contributed by atoms with Crippen molar-refractivity contribution in [3.05, 3.63) is 36.0 Å². The Morgan fingerprint density at radius 3 is 2.33 bits per heavy atom. The number of amides is 2. The molecule has 0 aliphatic rings. The van der Waals surface area contributed by atoms with Crippen LogP contribution >= 0.6 is 0 Å². The van der Waals surface area contributed by atoms with Crippen LogP contribution in [0.15, 0.2) is 30.5 Å². The normalized spacial score (nSPS) is 12.6. The molecule has 0 saturated heterocycles. The molecule has 2 aromatic rings. The highest BCUT2D eigenvalue weighted by molar-refractivity contribution is 5.92. The Morgan fingerprint density at radius 1 is 1.00 bits per heavy atom. The zero-order chi connectivity index (χ0) is 24.5. The van der Waals surface area contributed by atoms with Gasteiger partial charge in [-0.15, -0.1) is 0 Å². The van der Waals surface area contributed by atoms with Crippen LogP contribution in [0, 0.1) is 0 Å². The van der Waals surface area contributed by atoms with Crippen molar-refractivity contribution in [2.75, 3.05) is 0 Å². The third-order valence-corrected chi connectivity index (χ3v) is 4.64. The Kier molecular flexibility index (Phi) is 9.14. The zero-order valence-electron chi connectivity index (χ0n) is 19.1. The number of benzene rings is 1. The summed E-state index contributed by atoms with van der Waals surface area (Å²) in [5.41, 5.74) is 1.70. The van der Waals surface area contributed by atoms with Crippen LogP contribution in [0.4, 0.5) is 0 Å². The maximum absolute atomic E-state index is 13.1. The minimum atomic E-state index is -1.17. The summed E-state index contributed by atoms with van der Waals surface area (Å²) in [6, 6.07) is 5.39. The first-order valence-electron chi connectivity index (χ1n) is 10.6. The first kappa shape index (κ1) is 25.6. The van der Waals surface area contributed by atoms with Gasteiger partial charge in [-0.25, -0.2) is 4.79 Å². The molecule has 0 saturated carbocycles. The van der Waals surface area contributed by atoms with Crippen LogP contribution in [0.1, 0.15) is 46.1 Å². The van der Waals surface area contributed by atoms with Gasteiger partial charge < -0.3 is 25.1 Å². The Hall–Kier alpha value is -3.69. The summed E-state index contributed by atoms with van der Waals surface area (Å²) >= 11 is 0. The van der Waals surface area contributed by atoms with Gasteiger partial charge >= 0.3 is 17.9 Å². The van der Waals surface area contributed by atoms with Gasteiger partial charge in [-0.05, 0) is 31.9 Å². The number of para-hydroxylation sites is 1. The summed E-state index contributed by atoms with van der Waals surface area (Å²) in [7, 11) is 0. The van der Waals surface area contributed by atoms with Gasteiger partial charge in [0.05, 0.1) is 6.10 Å². The summed E-state index contributed by atoms with van der Waals surface area (Å²) in [4.78, 5) is 63.1. The quantitative estimate of drug-likeness (QED) is 0.361. The number of esters is 3. The van der Waals surface area contributed by atoms with Crippen LogP contribution in [0.2, 0.25) is 0 Å². The van der Waals surface area contributed by atoms with E-state index in [9.17, 15) is 24.0 Å². The number of hydrogen-bond acceptors (Lipinski definition) is 7. The predicted molar refractivity (Wildman–Crippen MR) is 119 cm³/mol. The van der Waals surface area contributed by atoms with E-state index in [-0.39, 0.29) is 19.3 Å². The monoisotopic (exact) mass is 459 g/mol. The van der Waals surface area contributed by atoms with Crippen molar-refractivity contribution in [3.8, 4) is 0 Å². The second kappa shape index (κ2) is 11.8.